The second kappa shape index (κ2) is 8.43. The molecule has 0 aliphatic heterocycles. The van der Waals surface area contributed by atoms with Gasteiger partial charge in [-0.2, -0.15) is 23.4 Å². The smallest absolute Gasteiger partial charge is 0.321 e. The Hall–Kier alpha value is -3.72. The summed E-state index contributed by atoms with van der Waals surface area (Å²) in [7, 11) is 0. The number of carbonyl (C=O) groups is 1. The van der Waals surface area contributed by atoms with Crippen LogP contribution in [-0.2, 0) is 6.18 Å². The zero-order valence-corrected chi connectivity index (χ0v) is 17.3. The lowest BCUT2D eigenvalue weighted by Crippen LogP contribution is -2.17. The Bertz CT molecular complexity index is 1290. The molecule has 0 bridgehead atoms. The predicted molar refractivity (Wildman–Crippen MR) is 114 cm³/mol. The highest BCUT2D eigenvalue weighted by atomic mass is 35.5. The first-order valence-corrected chi connectivity index (χ1v) is 9.72. The van der Waals surface area contributed by atoms with Crippen molar-refractivity contribution in [3.8, 4) is 16.9 Å². The highest BCUT2D eigenvalue weighted by Gasteiger charge is 2.36. The van der Waals surface area contributed by atoms with Crippen LogP contribution in [0.5, 0.6) is 0 Å². The number of carbonyl (C=O) groups excluding carboxylic acids is 1. The fourth-order valence-electron chi connectivity index (χ4n) is 3.18. The van der Waals surface area contributed by atoms with E-state index >= 15 is 0 Å². The van der Waals surface area contributed by atoms with Crippen LogP contribution in [0.2, 0.25) is 5.02 Å². The van der Waals surface area contributed by atoms with Gasteiger partial charge in [-0.3, -0.25) is 4.79 Å². The molecule has 2 aromatic carbocycles. The summed E-state index contributed by atoms with van der Waals surface area (Å²) in [5.74, 6) is -1.04. The molecule has 0 radical (unpaired) electrons. The summed E-state index contributed by atoms with van der Waals surface area (Å²) in [6, 6.07) is 13.3. The zero-order valence-electron chi connectivity index (χ0n) is 16.6. The Morgan fingerprint density at radius 2 is 1.75 bits per heavy atom. The van der Waals surface area contributed by atoms with E-state index < -0.39 is 23.5 Å². The van der Waals surface area contributed by atoms with E-state index in [0.29, 0.717) is 16.1 Å². The van der Waals surface area contributed by atoms with Crippen LogP contribution in [0.25, 0.3) is 16.9 Å². The van der Waals surface area contributed by atoms with Crippen LogP contribution in [0.3, 0.4) is 0 Å². The number of halogens is 4. The normalized spacial score (nSPS) is 11.4. The van der Waals surface area contributed by atoms with E-state index in [-0.39, 0.29) is 5.69 Å². The maximum atomic E-state index is 13.5. The molecule has 0 saturated carbocycles. The molecule has 2 heterocycles. The molecule has 0 fully saturated rings. The predicted octanol–water partition coefficient (Wildman–Crippen LogP) is 5.56. The fraction of sp³-hybridized carbons (Fsp3) is 0.0909. The van der Waals surface area contributed by atoms with Crippen molar-refractivity contribution in [1.29, 1.82) is 0 Å². The molecule has 0 saturated heterocycles. The molecular weight excluding hydrogens is 443 g/mol. The van der Waals surface area contributed by atoms with Gasteiger partial charge in [-0.1, -0.05) is 35.9 Å². The monoisotopic (exact) mass is 457 g/mol. The van der Waals surface area contributed by atoms with Crippen LogP contribution in [-0.4, -0.2) is 25.9 Å². The number of alkyl halides is 3. The molecule has 4 aromatic rings. The molecule has 4 rings (SSSR count). The van der Waals surface area contributed by atoms with Crippen LogP contribution in [0.1, 0.15) is 21.5 Å². The molecule has 1 N–H and O–H groups in total. The van der Waals surface area contributed by atoms with Gasteiger partial charge in [0.05, 0.1) is 24.3 Å². The SMILES string of the molecule is Cc1cc(-c2cccc(Cl)c2)ccc1C(=O)Nc1cnc(-n2nccn2)c(C(F)(F)F)c1. The Labute approximate surface area is 185 Å². The van der Waals surface area contributed by atoms with Gasteiger partial charge in [-0.05, 0) is 47.9 Å². The number of amides is 1. The van der Waals surface area contributed by atoms with Gasteiger partial charge in [-0.15, -0.1) is 4.80 Å². The summed E-state index contributed by atoms with van der Waals surface area (Å²) in [5, 5.41) is 10.5. The molecule has 0 spiro atoms. The van der Waals surface area contributed by atoms with Crippen LogP contribution in [0.15, 0.2) is 67.1 Å². The minimum Gasteiger partial charge on any atom is -0.321 e. The van der Waals surface area contributed by atoms with Gasteiger partial charge in [0.2, 0.25) is 0 Å². The van der Waals surface area contributed by atoms with E-state index in [1.54, 1.807) is 31.2 Å². The molecule has 162 valence electrons. The van der Waals surface area contributed by atoms with Crippen molar-refractivity contribution in [3.63, 3.8) is 0 Å². The lowest BCUT2D eigenvalue weighted by Gasteiger charge is -2.14. The van der Waals surface area contributed by atoms with Crippen molar-refractivity contribution in [2.45, 2.75) is 13.1 Å². The highest BCUT2D eigenvalue weighted by Crippen LogP contribution is 2.34. The van der Waals surface area contributed by atoms with E-state index in [1.165, 1.54) is 12.4 Å². The highest BCUT2D eigenvalue weighted by molar-refractivity contribution is 6.30. The molecule has 6 nitrogen and oxygen atoms in total. The van der Waals surface area contributed by atoms with Crippen LogP contribution < -0.4 is 5.32 Å². The molecule has 2 aromatic heterocycles. The number of rotatable bonds is 4. The summed E-state index contributed by atoms with van der Waals surface area (Å²) in [5.41, 5.74) is 1.55. The average molecular weight is 458 g/mol. The Kier molecular flexibility index (Phi) is 5.67. The largest absolute Gasteiger partial charge is 0.420 e. The molecular formula is C22H15ClF3N5O. The van der Waals surface area contributed by atoms with E-state index in [9.17, 15) is 18.0 Å². The number of pyridine rings is 1. The van der Waals surface area contributed by atoms with Gasteiger partial charge in [0, 0.05) is 10.6 Å². The van der Waals surface area contributed by atoms with Gasteiger partial charge in [0.1, 0.15) is 5.56 Å². The maximum Gasteiger partial charge on any atom is 0.420 e. The van der Waals surface area contributed by atoms with Crippen molar-refractivity contribution >= 4 is 23.2 Å². The minimum absolute atomic E-state index is 0.100. The number of aromatic nitrogens is 4. The van der Waals surface area contributed by atoms with E-state index in [2.05, 4.69) is 20.5 Å². The Balaban J connectivity index is 1.61. The number of hydrogen-bond donors (Lipinski definition) is 1. The standard InChI is InChI=1S/C22H15ClF3N5O/c1-13-9-15(14-3-2-4-16(23)10-14)5-6-18(13)21(32)30-17-11-19(22(24,25)26)20(27-12-17)31-28-7-8-29-31/h2-12H,1H3,(H,30,32). The number of anilines is 1. The number of hydrogen-bond acceptors (Lipinski definition) is 4. The first-order chi connectivity index (χ1) is 15.2. The van der Waals surface area contributed by atoms with E-state index in [1.807, 2.05) is 18.2 Å². The second-order valence-electron chi connectivity index (χ2n) is 6.91. The summed E-state index contributed by atoms with van der Waals surface area (Å²) in [6.07, 6.45) is -1.10. The first kappa shape index (κ1) is 21.5. The lowest BCUT2D eigenvalue weighted by molar-refractivity contribution is -0.137. The summed E-state index contributed by atoms with van der Waals surface area (Å²) >= 11 is 6.04. The number of nitrogens with one attached hydrogen (secondary N) is 1. The third-order valence-electron chi connectivity index (χ3n) is 4.67. The Morgan fingerprint density at radius 1 is 1.03 bits per heavy atom. The summed E-state index contributed by atoms with van der Waals surface area (Å²) in [6.45, 7) is 1.74. The van der Waals surface area contributed by atoms with Crippen molar-refractivity contribution in [2.75, 3.05) is 5.32 Å². The third kappa shape index (κ3) is 4.47. The van der Waals surface area contributed by atoms with Gasteiger partial charge < -0.3 is 5.32 Å². The quantitative estimate of drug-likeness (QED) is 0.435. The Morgan fingerprint density at radius 3 is 2.41 bits per heavy atom. The molecule has 0 aliphatic carbocycles. The first-order valence-electron chi connectivity index (χ1n) is 9.34. The fourth-order valence-corrected chi connectivity index (χ4v) is 3.37. The second-order valence-corrected chi connectivity index (χ2v) is 7.34. The zero-order chi connectivity index (χ0) is 22.9. The van der Waals surface area contributed by atoms with E-state index in [4.69, 9.17) is 11.6 Å². The van der Waals surface area contributed by atoms with Crippen molar-refractivity contribution in [2.24, 2.45) is 0 Å². The molecule has 0 unspecified atom stereocenters. The molecule has 1 amide bonds. The van der Waals surface area contributed by atoms with Gasteiger partial charge in [0.15, 0.2) is 5.82 Å². The van der Waals surface area contributed by atoms with Crippen molar-refractivity contribution in [1.82, 2.24) is 20.0 Å². The van der Waals surface area contributed by atoms with E-state index in [0.717, 1.165) is 28.2 Å². The van der Waals surface area contributed by atoms with Gasteiger partial charge >= 0.3 is 6.18 Å². The minimum atomic E-state index is -4.72. The lowest BCUT2D eigenvalue weighted by atomic mass is 9.99. The summed E-state index contributed by atoms with van der Waals surface area (Å²) in [4.78, 5) is 17.3. The van der Waals surface area contributed by atoms with Gasteiger partial charge in [0.25, 0.3) is 5.91 Å². The van der Waals surface area contributed by atoms with Gasteiger partial charge in [-0.25, -0.2) is 4.98 Å². The average Bonchev–Trinajstić information content (AvgIpc) is 3.27. The third-order valence-corrected chi connectivity index (χ3v) is 4.90. The summed E-state index contributed by atoms with van der Waals surface area (Å²) < 4.78 is 40.6. The number of nitrogens with zero attached hydrogens (tertiary/aromatic N) is 4. The number of benzene rings is 2. The maximum absolute atomic E-state index is 13.5. The van der Waals surface area contributed by atoms with Crippen molar-refractivity contribution < 1.29 is 18.0 Å². The van der Waals surface area contributed by atoms with Crippen LogP contribution in [0.4, 0.5) is 18.9 Å². The molecule has 0 atom stereocenters. The molecule has 32 heavy (non-hydrogen) atoms. The number of aryl methyl sites for hydroxylation is 1. The van der Waals surface area contributed by atoms with Crippen LogP contribution >= 0.6 is 11.6 Å². The molecule has 10 heteroatoms. The topological polar surface area (TPSA) is 72.7 Å². The van der Waals surface area contributed by atoms with Crippen LogP contribution in [0, 0.1) is 6.92 Å². The van der Waals surface area contributed by atoms with Crippen molar-refractivity contribution in [3.05, 3.63) is 88.8 Å². The molecule has 0 aliphatic rings.